The van der Waals surface area contributed by atoms with Crippen molar-refractivity contribution in [3.8, 4) is 0 Å². The Morgan fingerprint density at radius 2 is 2.05 bits per heavy atom. The van der Waals surface area contributed by atoms with Crippen LogP contribution >= 0.6 is 11.6 Å². The summed E-state index contributed by atoms with van der Waals surface area (Å²) in [4.78, 5) is 11.5. The molecular formula is C14H20ClFN2O4. The fraction of sp³-hybridized carbons (Fsp3) is 0.500. The molecule has 22 heavy (non-hydrogen) atoms. The van der Waals surface area contributed by atoms with E-state index in [9.17, 15) is 19.4 Å². The quantitative estimate of drug-likeness (QED) is 0.630. The molecule has 0 bridgehead atoms. The van der Waals surface area contributed by atoms with Crippen molar-refractivity contribution in [2.24, 2.45) is 0 Å². The number of ether oxygens (including phenoxy) is 1. The van der Waals surface area contributed by atoms with Crippen LogP contribution in [0.4, 0.5) is 14.9 Å². The number of nitrogens with one attached hydrogen (secondary N) is 1. The second kappa shape index (κ2) is 7.13. The van der Waals surface area contributed by atoms with Gasteiger partial charge in [0, 0.05) is 17.1 Å². The summed E-state index contributed by atoms with van der Waals surface area (Å²) in [5.41, 5.74) is 4.48. The van der Waals surface area contributed by atoms with Gasteiger partial charge in [-0.2, -0.15) is 0 Å². The number of hydrogen-bond donors (Lipinski definition) is 4. The van der Waals surface area contributed by atoms with E-state index in [0.717, 1.165) is 12.1 Å². The van der Waals surface area contributed by atoms with Gasteiger partial charge in [0.2, 0.25) is 0 Å². The lowest BCUT2D eigenvalue weighted by Crippen LogP contribution is -2.38. The number of hydrogen-bond acceptors (Lipinski definition) is 5. The van der Waals surface area contributed by atoms with Gasteiger partial charge in [0.05, 0.1) is 5.69 Å². The molecule has 6 nitrogen and oxygen atoms in total. The Morgan fingerprint density at radius 3 is 2.59 bits per heavy atom. The molecule has 0 radical (unpaired) electrons. The van der Waals surface area contributed by atoms with Crippen LogP contribution in [0.25, 0.3) is 0 Å². The van der Waals surface area contributed by atoms with Crippen molar-refractivity contribution in [3.05, 3.63) is 28.5 Å². The van der Waals surface area contributed by atoms with Crippen LogP contribution in [0, 0.1) is 5.82 Å². The van der Waals surface area contributed by atoms with Gasteiger partial charge in [-0.3, -0.25) is 0 Å². The smallest absolute Gasteiger partial charge is 0.407 e. The first-order chi connectivity index (χ1) is 10.0. The normalized spacial score (nSPS) is 14.3. The van der Waals surface area contributed by atoms with Crippen molar-refractivity contribution >= 4 is 23.4 Å². The number of halogens is 2. The molecule has 0 saturated carbocycles. The summed E-state index contributed by atoms with van der Waals surface area (Å²) in [5.74, 6) is -0.759. The zero-order chi connectivity index (χ0) is 17.1. The number of carbonyl (C=O) groups is 1. The van der Waals surface area contributed by atoms with Gasteiger partial charge in [0.1, 0.15) is 23.6 Å². The zero-order valence-corrected chi connectivity index (χ0v) is 13.3. The van der Waals surface area contributed by atoms with Crippen molar-refractivity contribution in [2.45, 2.75) is 38.6 Å². The van der Waals surface area contributed by atoms with E-state index in [0.29, 0.717) is 0 Å². The lowest BCUT2D eigenvalue weighted by molar-refractivity contribution is 0.0128. The van der Waals surface area contributed by atoms with Gasteiger partial charge in [-0.25, -0.2) is 9.18 Å². The van der Waals surface area contributed by atoms with Crippen LogP contribution in [0.5, 0.6) is 0 Å². The minimum Gasteiger partial charge on any atom is -0.444 e. The average molecular weight is 335 g/mol. The fourth-order valence-electron chi connectivity index (χ4n) is 1.63. The Labute approximate surface area is 133 Å². The number of nitrogens with two attached hydrogens (primary N) is 1. The van der Waals surface area contributed by atoms with E-state index in [2.05, 4.69) is 5.32 Å². The first-order valence-electron chi connectivity index (χ1n) is 6.58. The number of benzene rings is 1. The van der Waals surface area contributed by atoms with Crippen molar-refractivity contribution in [1.29, 1.82) is 0 Å². The third-order valence-corrected chi connectivity index (χ3v) is 2.98. The van der Waals surface area contributed by atoms with Gasteiger partial charge >= 0.3 is 6.09 Å². The highest BCUT2D eigenvalue weighted by Crippen LogP contribution is 2.29. The Bertz CT molecular complexity index is 548. The number of aliphatic hydroxyl groups excluding tert-OH is 2. The maximum Gasteiger partial charge on any atom is 0.407 e. The van der Waals surface area contributed by atoms with E-state index in [4.69, 9.17) is 22.1 Å². The standard InChI is InChI=1S/C14H20ClFN2O4/c1-14(2,3)22-13(21)18-6-11(19)12(20)7-4-9(16)10(17)5-8(7)15/h4-5,11-12,19-20H,6,17H2,1-3H3,(H,18,21). The third kappa shape index (κ3) is 5.32. The van der Waals surface area contributed by atoms with E-state index in [1.165, 1.54) is 0 Å². The maximum absolute atomic E-state index is 13.4. The summed E-state index contributed by atoms with van der Waals surface area (Å²) >= 11 is 5.86. The second-order valence-corrected chi connectivity index (χ2v) is 6.20. The van der Waals surface area contributed by atoms with Crippen molar-refractivity contribution in [2.75, 3.05) is 12.3 Å². The highest BCUT2D eigenvalue weighted by atomic mass is 35.5. The first kappa shape index (κ1) is 18.5. The molecule has 0 heterocycles. The van der Waals surface area contributed by atoms with Gasteiger partial charge in [0.25, 0.3) is 0 Å². The zero-order valence-electron chi connectivity index (χ0n) is 12.6. The van der Waals surface area contributed by atoms with Gasteiger partial charge < -0.3 is 26.0 Å². The van der Waals surface area contributed by atoms with Crippen LogP contribution in [0.3, 0.4) is 0 Å². The van der Waals surface area contributed by atoms with E-state index >= 15 is 0 Å². The van der Waals surface area contributed by atoms with Crippen LogP contribution in [0.15, 0.2) is 12.1 Å². The van der Waals surface area contributed by atoms with Crippen molar-refractivity contribution < 1.29 is 24.1 Å². The monoisotopic (exact) mass is 334 g/mol. The fourth-order valence-corrected chi connectivity index (χ4v) is 1.91. The van der Waals surface area contributed by atoms with Crippen molar-refractivity contribution in [3.63, 3.8) is 0 Å². The third-order valence-electron chi connectivity index (χ3n) is 2.65. The molecule has 8 heteroatoms. The van der Waals surface area contributed by atoms with Gasteiger partial charge in [-0.1, -0.05) is 11.6 Å². The Hall–Kier alpha value is -1.57. The molecule has 1 amide bonds. The molecule has 0 aliphatic carbocycles. The van der Waals surface area contributed by atoms with Crippen LogP contribution < -0.4 is 11.1 Å². The topological polar surface area (TPSA) is 105 Å². The number of amides is 1. The number of aliphatic hydroxyl groups is 2. The van der Waals surface area contributed by atoms with E-state index < -0.39 is 29.7 Å². The lowest BCUT2D eigenvalue weighted by Gasteiger charge is -2.22. The highest BCUT2D eigenvalue weighted by Gasteiger charge is 2.24. The molecule has 1 aromatic carbocycles. The molecule has 0 aliphatic heterocycles. The maximum atomic E-state index is 13.4. The van der Waals surface area contributed by atoms with Crippen LogP contribution in [-0.4, -0.2) is 34.6 Å². The molecule has 5 N–H and O–H groups in total. The molecule has 2 atom stereocenters. The number of carbonyl (C=O) groups excluding carboxylic acids is 1. The summed E-state index contributed by atoms with van der Waals surface area (Å²) in [7, 11) is 0. The van der Waals surface area contributed by atoms with Crippen LogP contribution in [0.2, 0.25) is 5.02 Å². The van der Waals surface area contributed by atoms with Crippen LogP contribution in [0.1, 0.15) is 32.4 Å². The molecule has 0 saturated heterocycles. The summed E-state index contributed by atoms with van der Waals surface area (Å²) in [6.45, 7) is 4.77. The van der Waals surface area contributed by atoms with Gasteiger partial charge in [-0.15, -0.1) is 0 Å². The van der Waals surface area contributed by atoms with Crippen LogP contribution in [-0.2, 0) is 4.74 Å². The molecular weight excluding hydrogens is 315 g/mol. The molecule has 124 valence electrons. The number of anilines is 1. The Balaban J connectivity index is 2.68. The Morgan fingerprint density at radius 1 is 1.45 bits per heavy atom. The molecule has 1 rings (SSSR count). The van der Waals surface area contributed by atoms with E-state index in [-0.39, 0.29) is 22.8 Å². The largest absolute Gasteiger partial charge is 0.444 e. The van der Waals surface area contributed by atoms with Gasteiger partial charge in [0.15, 0.2) is 0 Å². The average Bonchev–Trinajstić information content (AvgIpc) is 2.37. The summed E-state index contributed by atoms with van der Waals surface area (Å²) in [6, 6.07) is 2.09. The minimum absolute atomic E-state index is 0.0164. The molecule has 0 fully saturated rings. The molecule has 0 aliphatic rings. The Kier molecular flexibility index (Phi) is 5.99. The number of rotatable bonds is 4. The molecule has 1 aromatic rings. The molecule has 0 aromatic heterocycles. The van der Waals surface area contributed by atoms with Gasteiger partial charge in [-0.05, 0) is 32.9 Å². The second-order valence-electron chi connectivity index (χ2n) is 5.79. The predicted octanol–water partition coefficient (Wildman–Crippen LogP) is 1.98. The number of alkyl carbamates (subject to hydrolysis) is 1. The predicted molar refractivity (Wildman–Crippen MR) is 81.0 cm³/mol. The first-order valence-corrected chi connectivity index (χ1v) is 6.96. The highest BCUT2D eigenvalue weighted by molar-refractivity contribution is 6.31. The number of nitrogen functional groups attached to an aromatic ring is 1. The molecule has 2 unspecified atom stereocenters. The molecule has 0 spiro atoms. The summed E-state index contributed by atoms with van der Waals surface area (Å²) in [6.07, 6.45) is -3.63. The van der Waals surface area contributed by atoms with E-state index in [1.807, 2.05) is 0 Å². The van der Waals surface area contributed by atoms with Crippen molar-refractivity contribution in [1.82, 2.24) is 5.32 Å². The summed E-state index contributed by atoms with van der Waals surface area (Å²) < 4.78 is 18.4. The van der Waals surface area contributed by atoms with E-state index in [1.54, 1.807) is 20.8 Å². The SMILES string of the molecule is CC(C)(C)OC(=O)NCC(O)C(O)c1cc(F)c(N)cc1Cl. The minimum atomic E-state index is -1.49. The lowest BCUT2D eigenvalue weighted by atomic mass is 10.0. The summed E-state index contributed by atoms with van der Waals surface area (Å²) in [5, 5.41) is 22.2.